The molecule has 0 aliphatic heterocycles. The summed E-state index contributed by atoms with van der Waals surface area (Å²) in [5, 5.41) is 32.7. The predicted octanol–water partition coefficient (Wildman–Crippen LogP) is 7.92. The molecule has 0 saturated heterocycles. The lowest BCUT2D eigenvalue weighted by molar-refractivity contribution is -0.131. The van der Waals surface area contributed by atoms with Crippen molar-refractivity contribution < 1.29 is 20.1 Å². The van der Waals surface area contributed by atoms with Gasteiger partial charge in [-0.3, -0.25) is 4.79 Å². The molecule has 0 heterocycles. The highest BCUT2D eigenvalue weighted by molar-refractivity contribution is 5.80. The van der Waals surface area contributed by atoms with E-state index in [-0.39, 0.29) is 6.61 Å². The molecule has 0 saturated carbocycles. The summed E-state index contributed by atoms with van der Waals surface area (Å²) >= 11 is 0. The van der Waals surface area contributed by atoms with Crippen molar-refractivity contribution in [2.24, 2.45) is 0 Å². The maximum atomic E-state index is 12.3. The first-order valence-corrected chi connectivity index (χ1v) is 16.2. The van der Waals surface area contributed by atoms with Gasteiger partial charge in [0.15, 0.2) is 0 Å². The van der Waals surface area contributed by atoms with E-state index in [1.54, 1.807) is 6.08 Å². The van der Waals surface area contributed by atoms with E-state index in [2.05, 4.69) is 31.3 Å². The van der Waals surface area contributed by atoms with Gasteiger partial charge in [0.25, 0.3) is 0 Å². The SMILES string of the molecule is CCCCCCCCCCC/C=C/CC/C=C/C(O)C(CO)NC(=O)C(O)CCCCCCCCCCC. The van der Waals surface area contributed by atoms with Crippen molar-refractivity contribution in [2.45, 2.75) is 173 Å². The molecule has 0 aliphatic carbocycles. The summed E-state index contributed by atoms with van der Waals surface area (Å²) in [4.78, 5) is 12.3. The van der Waals surface area contributed by atoms with Crippen molar-refractivity contribution in [1.82, 2.24) is 5.32 Å². The average molecular weight is 538 g/mol. The van der Waals surface area contributed by atoms with Gasteiger partial charge in [0.2, 0.25) is 5.91 Å². The van der Waals surface area contributed by atoms with Crippen molar-refractivity contribution in [2.75, 3.05) is 6.61 Å². The normalized spacial score (nSPS) is 14.3. The van der Waals surface area contributed by atoms with Crippen LogP contribution in [0.1, 0.15) is 155 Å². The van der Waals surface area contributed by atoms with Gasteiger partial charge in [-0.1, -0.05) is 147 Å². The monoisotopic (exact) mass is 537 g/mol. The zero-order valence-corrected chi connectivity index (χ0v) is 25.1. The number of carbonyl (C=O) groups is 1. The standard InChI is InChI=1S/C33H63NO4/c1-3-5-7-9-11-13-14-15-16-17-18-20-21-23-25-27-31(36)30(29-35)34-33(38)32(37)28-26-24-22-19-12-10-8-6-4-2/h18,20,25,27,30-32,35-37H,3-17,19,21-24,26,28-29H2,1-2H3,(H,34,38)/b20-18+,27-25+. The Morgan fingerprint density at radius 2 is 1.08 bits per heavy atom. The van der Waals surface area contributed by atoms with E-state index in [9.17, 15) is 20.1 Å². The highest BCUT2D eigenvalue weighted by atomic mass is 16.3. The van der Waals surface area contributed by atoms with Gasteiger partial charge in [-0.05, 0) is 32.1 Å². The Morgan fingerprint density at radius 1 is 0.632 bits per heavy atom. The Hall–Kier alpha value is -1.17. The molecule has 0 aromatic carbocycles. The molecule has 0 fully saturated rings. The van der Waals surface area contributed by atoms with Crippen molar-refractivity contribution >= 4 is 5.91 Å². The fourth-order valence-corrected chi connectivity index (χ4v) is 4.67. The zero-order valence-electron chi connectivity index (χ0n) is 25.1. The minimum Gasteiger partial charge on any atom is -0.394 e. The van der Waals surface area contributed by atoms with Crippen molar-refractivity contribution in [3.8, 4) is 0 Å². The smallest absolute Gasteiger partial charge is 0.249 e. The molecule has 0 rings (SSSR count). The van der Waals surface area contributed by atoms with Crippen LogP contribution in [0.15, 0.2) is 24.3 Å². The number of hydrogen-bond donors (Lipinski definition) is 4. The second kappa shape index (κ2) is 28.8. The van der Waals surface area contributed by atoms with Crippen LogP contribution in [-0.4, -0.2) is 46.1 Å². The molecule has 3 atom stereocenters. The van der Waals surface area contributed by atoms with E-state index >= 15 is 0 Å². The van der Waals surface area contributed by atoms with Crippen LogP contribution >= 0.6 is 0 Å². The van der Waals surface area contributed by atoms with Crippen LogP contribution in [0.4, 0.5) is 0 Å². The van der Waals surface area contributed by atoms with Gasteiger partial charge in [0.1, 0.15) is 6.10 Å². The lowest BCUT2D eigenvalue weighted by atomic mass is 10.0. The second-order valence-corrected chi connectivity index (χ2v) is 11.0. The number of rotatable bonds is 28. The molecule has 0 bridgehead atoms. The summed E-state index contributed by atoms with van der Waals surface area (Å²) in [5.41, 5.74) is 0. The third kappa shape index (κ3) is 23.9. The molecule has 0 aliphatic rings. The molecule has 38 heavy (non-hydrogen) atoms. The lowest BCUT2D eigenvalue weighted by Crippen LogP contribution is -2.48. The fraction of sp³-hybridized carbons (Fsp3) is 0.848. The number of aliphatic hydroxyl groups excluding tert-OH is 3. The Bertz CT molecular complexity index is 563. The van der Waals surface area contributed by atoms with Gasteiger partial charge in [0, 0.05) is 0 Å². The van der Waals surface area contributed by atoms with E-state index in [1.807, 2.05) is 6.08 Å². The minimum absolute atomic E-state index is 0.374. The summed E-state index contributed by atoms with van der Waals surface area (Å²) in [6.07, 6.45) is 31.9. The lowest BCUT2D eigenvalue weighted by Gasteiger charge is -2.21. The molecule has 1 amide bonds. The number of unbranched alkanes of at least 4 members (excludes halogenated alkanes) is 18. The molecule has 3 unspecified atom stereocenters. The molecule has 4 N–H and O–H groups in total. The summed E-state index contributed by atoms with van der Waals surface area (Å²) in [6.45, 7) is 4.11. The van der Waals surface area contributed by atoms with Crippen LogP contribution in [-0.2, 0) is 4.79 Å². The number of aliphatic hydroxyl groups is 3. The highest BCUT2D eigenvalue weighted by Gasteiger charge is 2.22. The van der Waals surface area contributed by atoms with E-state index in [0.717, 1.165) is 38.5 Å². The molecular formula is C33H63NO4. The number of carbonyl (C=O) groups excluding carboxylic acids is 1. The van der Waals surface area contributed by atoms with Gasteiger partial charge in [0.05, 0.1) is 18.8 Å². The van der Waals surface area contributed by atoms with Crippen molar-refractivity contribution in [3.63, 3.8) is 0 Å². The molecule has 0 aromatic heterocycles. The van der Waals surface area contributed by atoms with Gasteiger partial charge in [-0.15, -0.1) is 0 Å². The van der Waals surface area contributed by atoms with Crippen LogP contribution in [0, 0.1) is 0 Å². The summed E-state index contributed by atoms with van der Waals surface area (Å²) < 4.78 is 0. The Morgan fingerprint density at radius 3 is 1.61 bits per heavy atom. The third-order valence-electron chi connectivity index (χ3n) is 7.29. The van der Waals surface area contributed by atoms with Gasteiger partial charge in [-0.2, -0.15) is 0 Å². The number of amides is 1. The Kier molecular flexibility index (Phi) is 27.9. The average Bonchev–Trinajstić information content (AvgIpc) is 2.92. The molecule has 5 heteroatoms. The van der Waals surface area contributed by atoms with Crippen LogP contribution in [0.3, 0.4) is 0 Å². The topological polar surface area (TPSA) is 89.8 Å². The second-order valence-electron chi connectivity index (χ2n) is 11.0. The van der Waals surface area contributed by atoms with Gasteiger partial charge in [-0.25, -0.2) is 0 Å². The van der Waals surface area contributed by atoms with Crippen LogP contribution in [0.25, 0.3) is 0 Å². The molecule has 0 spiro atoms. The van der Waals surface area contributed by atoms with Crippen LogP contribution < -0.4 is 5.32 Å². The van der Waals surface area contributed by atoms with Crippen molar-refractivity contribution in [1.29, 1.82) is 0 Å². The largest absolute Gasteiger partial charge is 0.394 e. The number of allylic oxidation sites excluding steroid dienone is 3. The van der Waals surface area contributed by atoms with E-state index in [4.69, 9.17) is 0 Å². The first-order valence-electron chi connectivity index (χ1n) is 16.2. The summed E-state index contributed by atoms with van der Waals surface area (Å²) in [6, 6.07) is -0.807. The molecule has 0 radical (unpaired) electrons. The van der Waals surface area contributed by atoms with E-state index < -0.39 is 24.2 Å². The Labute approximate surface area is 235 Å². The Balaban J connectivity index is 3.86. The van der Waals surface area contributed by atoms with E-state index in [1.165, 1.54) is 96.3 Å². The minimum atomic E-state index is -1.10. The fourth-order valence-electron chi connectivity index (χ4n) is 4.67. The maximum Gasteiger partial charge on any atom is 0.249 e. The van der Waals surface area contributed by atoms with Gasteiger partial charge < -0.3 is 20.6 Å². The first-order chi connectivity index (χ1) is 18.6. The summed E-state index contributed by atoms with van der Waals surface area (Å²) in [7, 11) is 0. The van der Waals surface area contributed by atoms with Crippen LogP contribution in [0.5, 0.6) is 0 Å². The number of nitrogens with one attached hydrogen (secondary N) is 1. The molecule has 224 valence electrons. The van der Waals surface area contributed by atoms with Crippen molar-refractivity contribution in [3.05, 3.63) is 24.3 Å². The third-order valence-corrected chi connectivity index (χ3v) is 7.29. The number of hydrogen-bond acceptors (Lipinski definition) is 4. The summed E-state index contributed by atoms with van der Waals surface area (Å²) in [5.74, 6) is -0.518. The maximum absolute atomic E-state index is 12.3. The van der Waals surface area contributed by atoms with Gasteiger partial charge >= 0.3 is 0 Å². The molecule has 5 nitrogen and oxygen atoms in total. The van der Waals surface area contributed by atoms with Crippen LogP contribution in [0.2, 0.25) is 0 Å². The molecule has 0 aromatic rings. The predicted molar refractivity (Wildman–Crippen MR) is 162 cm³/mol. The van der Waals surface area contributed by atoms with E-state index in [0.29, 0.717) is 6.42 Å². The highest BCUT2D eigenvalue weighted by Crippen LogP contribution is 2.13. The molecular weight excluding hydrogens is 474 g/mol. The zero-order chi connectivity index (χ0) is 28.1. The quantitative estimate of drug-likeness (QED) is 0.0603. The first kappa shape index (κ1) is 36.8.